The molecule has 8 heteroatoms. The molecule has 1 aromatic heterocycles. The Labute approximate surface area is 178 Å². The molecule has 0 aliphatic rings. The van der Waals surface area contributed by atoms with Crippen LogP contribution in [0.1, 0.15) is 15.9 Å². The smallest absolute Gasteiger partial charge is 0.323 e. The molecule has 3 aromatic rings. The van der Waals surface area contributed by atoms with Crippen LogP contribution in [-0.2, 0) is 11.3 Å². The number of aromatic nitrogens is 1. The number of nitrogens with zero attached hydrogens (tertiary/aromatic N) is 3. The molecule has 2 aromatic carbocycles. The summed E-state index contributed by atoms with van der Waals surface area (Å²) in [5.41, 5.74) is 3.39. The molecule has 0 atom stereocenters. The van der Waals surface area contributed by atoms with Gasteiger partial charge in [0.25, 0.3) is 5.91 Å². The Balaban J connectivity index is 1.65. The number of thiazole rings is 1. The van der Waals surface area contributed by atoms with Crippen molar-refractivity contribution in [3.05, 3.63) is 70.1 Å². The third-order valence-electron chi connectivity index (χ3n) is 4.30. The van der Waals surface area contributed by atoms with Crippen molar-refractivity contribution in [2.75, 3.05) is 25.5 Å². The molecule has 6 nitrogen and oxygen atoms in total. The van der Waals surface area contributed by atoms with Crippen LogP contribution in [0.4, 0.5) is 5.13 Å². The van der Waals surface area contributed by atoms with Crippen LogP contribution in [0.2, 0.25) is 5.02 Å². The molecule has 0 spiro atoms. The van der Waals surface area contributed by atoms with E-state index in [-0.39, 0.29) is 12.5 Å². The van der Waals surface area contributed by atoms with Gasteiger partial charge in [0, 0.05) is 42.2 Å². The van der Waals surface area contributed by atoms with Gasteiger partial charge in [-0.1, -0.05) is 35.9 Å². The van der Waals surface area contributed by atoms with E-state index in [1.807, 2.05) is 53.7 Å². The number of carboxylic acid groups (broad SMARTS) is 1. The van der Waals surface area contributed by atoms with Crippen LogP contribution in [0.15, 0.2) is 53.9 Å². The lowest BCUT2D eigenvalue weighted by Crippen LogP contribution is -2.31. The van der Waals surface area contributed by atoms with Crippen molar-refractivity contribution in [3.8, 4) is 11.3 Å². The second-order valence-corrected chi connectivity index (χ2v) is 7.90. The van der Waals surface area contributed by atoms with Crippen molar-refractivity contribution in [3.63, 3.8) is 0 Å². The number of aliphatic carboxylic acids is 1. The number of rotatable bonds is 7. The van der Waals surface area contributed by atoms with Gasteiger partial charge < -0.3 is 14.9 Å². The molecule has 0 bridgehead atoms. The van der Waals surface area contributed by atoms with Gasteiger partial charge in [0.1, 0.15) is 6.54 Å². The molecule has 0 aliphatic heterocycles. The maximum atomic E-state index is 12.2. The fraction of sp³-hybridized carbons (Fsp3) is 0.190. The summed E-state index contributed by atoms with van der Waals surface area (Å²) in [6, 6.07) is 14.7. The van der Waals surface area contributed by atoms with Gasteiger partial charge in [-0.05, 0) is 29.8 Å². The molecular weight excluding hydrogens is 410 g/mol. The third-order valence-corrected chi connectivity index (χ3v) is 5.51. The molecule has 0 unspecified atom stereocenters. The van der Waals surface area contributed by atoms with Crippen LogP contribution < -0.4 is 4.90 Å². The number of carbonyl (C=O) groups excluding carboxylic acids is 1. The summed E-state index contributed by atoms with van der Waals surface area (Å²) in [7, 11) is 3.43. The van der Waals surface area contributed by atoms with Gasteiger partial charge in [-0.2, -0.15) is 0 Å². The summed E-state index contributed by atoms with van der Waals surface area (Å²) >= 11 is 7.50. The number of carbonyl (C=O) groups is 2. The average Bonchev–Trinajstić information content (AvgIpc) is 3.18. The topological polar surface area (TPSA) is 73.7 Å². The highest BCUT2D eigenvalue weighted by molar-refractivity contribution is 7.14. The minimum absolute atomic E-state index is 0.320. The SMILES string of the molecule is CN(CC(=O)O)C(=O)c1ccc(CN(C)c2nc(-c3ccc(Cl)cc3)cs2)cc1. The average molecular weight is 430 g/mol. The van der Waals surface area contributed by atoms with Gasteiger partial charge >= 0.3 is 5.97 Å². The van der Waals surface area contributed by atoms with E-state index in [2.05, 4.69) is 4.98 Å². The monoisotopic (exact) mass is 429 g/mol. The van der Waals surface area contributed by atoms with Crippen molar-refractivity contribution in [2.24, 2.45) is 0 Å². The first-order chi connectivity index (χ1) is 13.8. The molecule has 1 N–H and O–H groups in total. The highest BCUT2D eigenvalue weighted by atomic mass is 35.5. The fourth-order valence-corrected chi connectivity index (χ4v) is 3.71. The lowest BCUT2D eigenvalue weighted by Gasteiger charge is -2.17. The van der Waals surface area contributed by atoms with Gasteiger partial charge in [-0.15, -0.1) is 11.3 Å². The van der Waals surface area contributed by atoms with E-state index in [4.69, 9.17) is 16.7 Å². The fourth-order valence-electron chi connectivity index (χ4n) is 2.78. The number of carboxylic acids is 1. The molecular formula is C21H20ClN3O3S. The number of benzene rings is 2. The zero-order valence-corrected chi connectivity index (χ0v) is 17.6. The quantitative estimate of drug-likeness (QED) is 0.607. The van der Waals surface area contributed by atoms with E-state index in [1.165, 1.54) is 11.9 Å². The Morgan fingerprint density at radius 2 is 1.72 bits per heavy atom. The second-order valence-electron chi connectivity index (χ2n) is 6.63. The molecule has 3 rings (SSSR count). The lowest BCUT2D eigenvalue weighted by molar-refractivity contribution is -0.137. The molecule has 0 aliphatic carbocycles. The summed E-state index contributed by atoms with van der Waals surface area (Å²) in [5, 5.41) is 12.4. The van der Waals surface area contributed by atoms with Crippen molar-refractivity contribution in [1.82, 2.24) is 9.88 Å². The second kappa shape index (κ2) is 9.07. The van der Waals surface area contributed by atoms with Crippen LogP contribution >= 0.6 is 22.9 Å². The van der Waals surface area contributed by atoms with E-state index in [9.17, 15) is 9.59 Å². The normalized spacial score (nSPS) is 10.6. The van der Waals surface area contributed by atoms with Gasteiger partial charge in [0.15, 0.2) is 5.13 Å². The Morgan fingerprint density at radius 3 is 2.34 bits per heavy atom. The zero-order chi connectivity index (χ0) is 21.0. The summed E-state index contributed by atoms with van der Waals surface area (Å²) in [6.07, 6.45) is 0. The van der Waals surface area contributed by atoms with Gasteiger partial charge in [0.2, 0.25) is 0 Å². The van der Waals surface area contributed by atoms with Crippen molar-refractivity contribution < 1.29 is 14.7 Å². The Hall–Kier alpha value is -2.90. The largest absolute Gasteiger partial charge is 0.480 e. The molecule has 150 valence electrons. The third kappa shape index (κ3) is 5.34. The van der Waals surface area contributed by atoms with Crippen LogP contribution in [0.5, 0.6) is 0 Å². The summed E-state index contributed by atoms with van der Waals surface area (Å²) in [5.74, 6) is -1.36. The van der Waals surface area contributed by atoms with Crippen LogP contribution in [0.25, 0.3) is 11.3 Å². The zero-order valence-electron chi connectivity index (χ0n) is 16.0. The predicted octanol–water partition coefficient (Wildman–Crippen LogP) is 4.26. The molecule has 0 fully saturated rings. The predicted molar refractivity (Wildman–Crippen MR) is 116 cm³/mol. The highest BCUT2D eigenvalue weighted by Crippen LogP contribution is 2.28. The number of halogens is 1. The van der Waals surface area contributed by atoms with E-state index >= 15 is 0 Å². The van der Waals surface area contributed by atoms with Crippen molar-refractivity contribution in [1.29, 1.82) is 0 Å². The van der Waals surface area contributed by atoms with Crippen molar-refractivity contribution >= 4 is 39.9 Å². The minimum Gasteiger partial charge on any atom is -0.480 e. The highest BCUT2D eigenvalue weighted by Gasteiger charge is 2.15. The summed E-state index contributed by atoms with van der Waals surface area (Å²) in [6.45, 7) is 0.302. The van der Waals surface area contributed by atoms with Crippen molar-refractivity contribution in [2.45, 2.75) is 6.54 Å². The number of hydrogen-bond donors (Lipinski definition) is 1. The Bertz CT molecular complexity index is 1000. The summed E-state index contributed by atoms with van der Waals surface area (Å²) < 4.78 is 0. The van der Waals surface area contributed by atoms with Gasteiger partial charge in [-0.25, -0.2) is 4.98 Å². The van der Waals surface area contributed by atoms with Crippen LogP contribution in [0.3, 0.4) is 0 Å². The number of amides is 1. The molecule has 1 heterocycles. The first-order valence-corrected chi connectivity index (χ1v) is 10.1. The molecule has 1 amide bonds. The number of anilines is 1. The number of likely N-dealkylation sites (N-methyl/N-ethyl adjacent to an activating group) is 1. The van der Waals surface area contributed by atoms with E-state index in [0.717, 1.165) is 22.0 Å². The van der Waals surface area contributed by atoms with Gasteiger partial charge in [0.05, 0.1) is 5.69 Å². The molecule has 0 radical (unpaired) electrons. The van der Waals surface area contributed by atoms with E-state index in [0.29, 0.717) is 17.1 Å². The van der Waals surface area contributed by atoms with E-state index in [1.54, 1.807) is 23.5 Å². The maximum absolute atomic E-state index is 12.2. The minimum atomic E-state index is -1.04. The molecule has 29 heavy (non-hydrogen) atoms. The standard InChI is InChI=1S/C21H20ClN3O3S/c1-24(12-19(26)27)20(28)16-5-3-14(4-6-16)11-25(2)21-23-18(13-29-21)15-7-9-17(22)10-8-15/h3-10,13H,11-12H2,1-2H3,(H,26,27). The first kappa shape index (κ1) is 20.8. The van der Waals surface area contributed by atoms with Crippen LogP contribution in [0, 0.1) is 0 Å². The molecule has 0 saturated heterocycles. The van der Waals surface area contributed by atoms with Crippen LogP contribution in [-0.4, -0.2) is 47.5 Å². The van der Waals surface area contributed by atoms with Gasteiger partial charge in [-0.3, -0.25) is 9.59 Å². The maximum Gasteiger partial charge on any atom is 0.323 e. The summed E-state index contributed by atoms with van der Waals surface area (Å²) in [4.78, 5) is 30.9. The Kier molecular flexibility index (Phi) is 6.51. The number of hydrogen-bond acceptors (Lipinski definition) is 5. The van der Waals surface area contributed by atoms with E-state index < -0.39 is 5.97 Å². The lowest BCUT2D eigenvalue weighted by atomic mass is 10.1. The first-order valence-electron chi connectivity index (χ1n) is 8.82. The molecule has 0 saturated carbocycles. The Morgan fingerprint density at radius 1 is 1.07 bits per heavy atom.